The van der Waals surface area contributed by atoms with Gasteiger partial charge in [-0.15, -0.1) is 0 Å². The highest BCUT2D eigenvalue weighted by molar-refractivity contribution is 8.00. The summed E-state index contributed by atoms with van der Waals surface area (Å²) in [5.41, 5.74) is 1.83. The van der Waals surface area contributed by atoms with E-state index >= 15 is 0 Å². The molecule has 0 unspecified atom stereocenters. The van der Waals surface area contributed by atoms with E-state index in [1.807, 2.05) is 80.3 Å². The molecule has 0 aliphatic heterocycles. The average Bonchev–Trinajstić information content (AvgIpc) is 2.63. The minimum Gasteiger partial charge on any atom is -0.312 e. The molecule has 25 heavy (non-hydrogen) atoms. The molecule has 1 atom stereocenters. The second-order valence-electron chi connectivity index (χ2n) is 5.77. The summed E-state index contributed by atoms with van der Waals surface area (Å²) in [6.07, 6.45) is 0. The smallest absolute Gasteiger partial charge is 0.240 e. The number of nitrogens with zero attached hydrogens (tertiary/aromatic N) is 3. The maximum Gasteiger partial charge on any atom is 0.240 e. The van der Waals surface area contributed by atoms with Gasteiger partial charge in [-0.1, -0.05) is 48.2 Å². The van der Waals surface area contributed by atoms with Crippen LogP contribution in [0.5, 0.6) is 0 Å². The summed E-state index contributed by atoms with van der Waals surface area (Å²) in [6.45, 7) is 6.44. The van der Waals surface area contributed by atoms with E-state index in [0.29, 0.717) is 6.54 Å². The van der Waals surface area contributed by atoms with Gasteiger partial charge < -0.3 is 4.90 Å². The Morgan fingerprint density at radius 1 is 1.08 bits per heavy atom. The maximum absolute atomic E-state index is 13.0. The van der Waals surface area contributed by atoms with Gasteiger partial charge >= 0.3 is 0 Å². The number of benzene rings is 2. The van der Waals surface area contributed by atoms with Crippen LogP contribution >= 0.6 is 11.8 Å². The van der Waals surface area contributed by atoms with Crippen molar-refractivity contribution in [3.05, 3.63) is 60.4 Å². The normalized spacial score (nSPS) is 12.1. The van der Waals surface area contributed by atoms with E-state index in [-0.39, 0.29) is 11.2 Å². The van der Waals surface area contributed by atoms with Crippen LogP contribution in [-0.2, 0) is 4.79 Å². The zero-order chi connectivity index (χ0) is 17.8. The van der Waals surface area contributed by atoms with Crippen molar-refractivity contribution in [3.63, 3.8) is 0 Å². The fourth-order valence-corrected chi connectivity index (χ4v) is 3.81. The Hall–Kier alpha value is -2.40. The number of aromatic nitrogens is 2. The first-order chi connectivity index (χ1) is 12.1. The Morgan fingerprint density at radius 3 is 2.48 bits per heavy atom. The van der Waals surface area contributed by atoms with Gasteiger partial charge in [-0.3, -0.25) is 4.79 Å². The molecule has 4 nitrogen and oxygen atoms in total. The third-order valence-corrected chi connectivity index (χ3v) is 5.06. The Bertz CT molecular complexity index is 883. The van der Waals surface area contributed by atoms with Gasteiger partial charge in [-0.25, -0.2) is 9.97 Å². The molecule has 0 saturated heterocycles. The summed E-state index contributed by atoms with van der Waals surface area (Å²) in [5.74, 6) is 0.801. The summed E-state index contributed by atoms with van der Waals surface area (Å²) in [7, 11) is 0. The molecule has 2 aromatic carbocycles. The van der Waals surface area contributed by atoms with Crippen LogP contribution in [-0.4, -0.2) is 27.7 Å². The lowest BCUT2D eigenvalue weighted by Crippen LogP contribution is -2.36. The zero-order valence-corrected chi connectivity index (χ0v) is 15.5. The molecule has 0 saturated carbocycles. The van der Waals surface area contributed by atoms with Crippen LogP contribution in [0.3, 0.4) is 0 Å². The number of aryl methyl sites for hydroxylation is 1. The number of carbonyl (C=O) groups excluding carboxylic acids is 1. The van der Waals surface area contributed by atoms with E-state index in [9.17, 15) is 4.79 Å². The second kappa shape index (κ2) is 7.66. The topological polar surface area (TPSA) is 46.1 Å². The van der Waals surface area contributed by atoms with Crippen molar-refractivity contribution >= 4 is 34.3 Å². The van der Waals surface area contributed by atoms with E-state index < -0.39 is 0 Å². The van der Waals surface area contributed by atoms with E-state index in [2.05, 4.69) is 9.97 Å². The number of para-hydroxylation sites is 2. The van der Waals surface area contributed by atoms with Crippen LogP contribution in [0, 0.1) is 6.92 Å². The fourth-order valence-electron chi connectivity index (χ4n) is 2.76. The lowest BCUT2D eigenvalue weighted by molar-refractivity contribution is -0.117. The van der Waals surface area contributed by atoms with Crippen LogP contribution < -0.4 is 4.90 Å². The number of carbonyl (C=O) groups is 1. The molecule has 0 fully saturated rings. The number of thioether (sulfide) groups is 1. The van der Waals surface area contributed by atoms with Gasteiger partial charge in [0, 0.05) is 17.6 Å². The summed E-state index contributed by atoms with van der Waals surface area (Å²) in [6, 6.07) is 17.7. The first-order valence-corrected chi connectivity index (χ1v) is 9.24. The van der Waals surface area contributed by atoms with Crippen LogP contribution in [0.2, 0.25) is 0 Å². The Balaban J connectivity index is 1.87. The number of anilines is 1. The number of amides is 1. The maximum atomic E-state index is 13.0. The molecule has 128 valence electrons. The molecule has 3 aromatic rings. The number of hydrogen-bond acceptors (Lipinski definition) is 4. The Labute approximate surface area is 152 Å². The summed E-state index contributed by atoms with van der Waals surface area (Å²) in [5, 5.41) is 1.60. The summed E-state index contributed by atoms with van der Waals surface area (Å²) in [4.78, 5) is 23.8. The standard InChI is InChI=1S/C20H21N3OS/c1-4-23(16-10-6-5-7-11-16)20(24)14(2)25-19-17-12-8-9-13-18(17)21-15(3)22-19/h5-14H,4H2,1-3H3/t14-/m1/s1. The van der Waals surface area contributed by atoms with Crippen molar-refractivity contribution in [1.82, 2.24) is 9.97 Å². The van der Waals surface area contributed by atoms with Gasteiger partial charge in [-0.05, 0) is 39.0 Å². The number of rotatable bonds is 5. The quantitative estimate of drug-likeness (QED) is 0.502. The fraction of sp³-hybridized carbons (Fsp3) is 0.250. The van der Waals surface area contributed by atoms with Crippen molar-refractivity contribution in [2.24, 2.45) is 0 Å². The highest BCUT2D eigenvalue weighted by Crippen LogP contribution is 2.30. The average molecular weight is 351 g/mol. The number of hydrogen-bond donors (Lipinski definition) is 0. The van der Waals surface area contributed by atoms with Gasteiger partial charge in [0.1, 0.15) is 10.9 Å². The van der Waals surface area contributed by atoms with Gasteiger partial charge in [0.25, 0.3) is 0 Å². The molecule has 0 aliphatic rings. The van der Waals surface area contributed by atoms with Crippen molar-refractivity contribution in [1.29, 1.82) is 0 Å². The van der Waals surface area contributed by atoms with Crippen molar-refractivity contribution in [2.45, 2.75) is 31.0 Å². The minimum atomic E-state index is -0.238. The van der Waals surface area contributed by atoms with Gasteiger partial charge in [-0.2, -0.15) is 0 Å². The largest absolute Gasteiger partial charge is 0.312 e. The van der Waals surface area contributed by atoms with Crippen LogP contribution in [0.25, 0.3) is 10.9 Å². The van der Waals surface area contributed by atoms with Crippen molar-refractivity contribution in [3.8, 4) is 0 Å². The van der Waals surface area contributed by atoms with Crippen molar-refractivity contribution in [2.75, 3.05) is 11.4 Å². The van der Waals surface area contributed by atoms with Gasteiger partial charge in [0.05, 0.1) is 10.8 Å². The Kier molecular flexibility index (Phi) is 5.34. The molecule has 1 aromatic heterocycles. The number of fused-ring (bicyclic) bond motifs is 1. The minimum absolute atomic E-state index is 0.0825. The SMILES string of the molecule is CCN(C(=O)[C@@H](C)Sc1nc(C)nc2ccccc12)c1ccccc1. The predicted molar refractivity (Wildman–Crippen MR) is 104 cm³/mol. The predicted octanol–water partition coefficient (Wildman–Crippen LogP) is 4.47. The van der Waals surface area contributed by atoms with Crippen LogP contribution in [0.15, 0.2) is 59.6 Å². The van der Waals surface area contributed by atoms with Gasteiger partial charge in [0.15, 0.2) is 0 Å². The third-order valence-electron chi connectivity index (χ3n) is 3.97. The monoisotopic (exact) mass is 351 g/mol. The first-order valence-electron chi connectivity index (χ1n) is 8.36. The van der Waals surface area contributed by atoms with Gasteiger partial charge in [0.2, 0.25) is 5.91 Å². The van der Waals surface area contributed by atoms with E-state index in [1.54, 1.807) is 0 Å². The van der Waals surface area contributed by atoms with Crippen LogP contribution in [0.4, 0.5) is 5.69 Å². The molecule has 0 N–H and O–H groups in total. The molecule has 0 spiro atoms. The molecule has 0 bridgehead atoms. The first kappa shape index (κ1) is 17.4. The molecule has 0 aliphatic carbocycles. The molecular formula is C20H21N3OS. The van der Waals surface area contributed by atoms with E-state index in [0.717, 1.165) is 27.4 Å². The molecule has 5 heteroatoms. The van der Waals surface area contributed by atoms with Crippen molar-refractivity contribution < 1.29 is 4.79 Å². The van der Waals surface area contributed by atoms with E-state index in [4.69, 9.17) is 0 Å². The molecule has 1 heterocycles. The molecule has 0 radical (unpaired) electrons. The highest BCUT2D eigenvalue weighted by atomic mass is 32.2. The second-order valence-corrected chi connectivity index (χ2v) is 7.10. The van der Waals surface area contributed by atoms with Crippen LogP contribution in [0.1, 0.15) is 19.7 Å². The Morgan fingerprint density at radius 2 is 1.76 bits per heavy atom. The lowest BCUT2D eigenvalue weighted by atomic mass is 10.2. The summed E-state index contributed by atoms with van der Waals surface area (Å²) >= 11 is 1.49. The molecule has 1 amide bonds. The van der Waals surface area contributed by atoms with E-state index in [1.165, 1.54) is 11.8 Å². The lowest BCUT2D eigenvalue weighted by Gasteiger charge is -2.24. The summed E-state index contributed by atoms with van der Waals surface area (Å²) < 4.78 is 0. The zero-order valence-electron chi connectivity index (χ0n) is 14.6. The molecule has 3 rings (SSSR count). The molecular weight excluding hydrogens is 330 g/mol. The highest BCUT2D eigenvalue weighted by Gasteiger charge is 2.23. The third kappa shape index (κ3) is 3.82.